The van der Waals surface area contributed by atoms with Crippen molar-refractivity contribution in [2.24, 2.45) is 0 Å². The first-order valence-corrected chi connectivity index (χ1v) is 8.43. The molecule has 3 aromatic carbocycles. The largest absolute Gasteiger partial charge is 0.360 e. The van der Waals surface area contributed by atoms with E-state index in [4.69, 9.17) is 11.6 Å². The molecule has 0 aromatic heterocycles. The van der Waals surface area contributed by atoms with Gasteiger partial charge in [0.15, 0.2) is 0 Å². The van der Waals surface area contributed by atoms with Gasteiger partial charge >= 0.3 is 0 Å². The lowest BCUT2D eigenvalue weighted by atomic mass is 9.92. The van der Waals surface area contributed by atoms with Crippen LogP contribution in [-0.2, 0) is 5.72 Å². The number of anilines is 1. The number of ketones is 1. The van der Waals surface area contributed by atoms with Crippen LogP contribution >= 0.6 is 11.6 Å². The quantitative estimate of drug-likeness (QED) is 0.715. The first-order valence-electron chi connectivity index (χ1n) is 8.05. The van der Waals surface area contributed by atoms with Gasteiger partial charge in [0, 0.05) is 27.4 Å². The summed E-state index contributed by atoms with van der Waals surface area (Å²) in [7, 11) is 0. The number of amides is 1. The summed E-state index contributed by atoms with van der Waals surface area (Å²) in [5.41, 5.74) is -0.841. The van der Waals surface area contributed by atoms with Gasteiger partial charge in [0.05, 0.1) is 0 Å². The van der Waals surface area contributed by atoms with Gasteiger partial charge in [-0.2, -0.15) is 0 Å². The fraction of sp³-hybridized carbons (Fsp3) is 0.0476. The summed E-state index contributed by atoms with van der Waals surface area (Å²) < 4.78 is 0. The number of carbonyl (C=O) groups excluding carboxylic acids is 2. The average molecular weight is 364 g/mol. The molecule has 5 heteroatoms. The van der Waals surface area contributed by atoms with E-state index in [9.17, 15) is 14.7 Å². The van der Waals surface area contributed by atoms with Crippen molar-refractivity contribution in [3.05, 3.63) is 101 Å². The van der Waals surface area contributed by atoms with Gasteiger partial charge in [0.2, 0.25) is 11.5 Å². The van der Waals surface area contributed by atoms with E-state index in [-0.39, 0.29) is 5.56 Å². The van der Waals surface area contributed by atoms with Crippen LogP contribution in [0.1, 0.15) is 26.3 Å². The Bertz CT molecular complexity index is 1000. The Morgan fingerprint density at radius 2 is 1.50 bits per heavy atom. The molecular weight excluding hydrogens is 350 g/mol. The van der Waals surface area contributed by atoms with Crippen molar-refractivity contribution in [1.29, 1.82) is 0 Å². The maximum Gasteiger partial charge on any atom is 0.261 e. The number of hydrogen-bond donors (Lipinski definition) is 1. The van der Waals surface area contributed by atoms with Gasteiger partial charge in [-0.3, -0.25) is 14.5 Å². The Morgan fingerprint density at radius 3 is 2.19 bits per heavy atom. The van der Waals surface area contributed by atoms with Crippen LogP contribution < -0.4 is 4.90 Å². The van der Waals surface area contributed by atoms with E-state index >= 15 is 0 Å². The third-order valence-electron chi connectivity index (χ3n) is 4.50. The van der Waals surface area contributed by atoms with E-state index in [2.05, 4.69) is 0 Å². The molecule has 3 aromatic rings. The molecule has 0 saturated heterocycles. The molecule has 1 amide bonds. The molecule has 0 spiro atoms. The highest BCUT2D eigenvalue weighted by molar-refractivity contribution is 6.30. The van der Waals surface area contributed by atoms with Crippen LogP contribution in [0.4, 0.5) is 5.69 Å². The van der Waals surface area contributed by atoms with E-state index in [1.54, 1.807) is 78.9 Å². The first-order chi connectivity index (χ1) is 12.5. The SMILES string of the molecule is O=C1c2ccccc2C(O)(C(=O)c2ccccc2)N1c1ccc(Cl)cc1. The van der Waals surface area contributed by atoms with Crippen LogP contribution in [-0.4, -0.2) is 16.8 Å². The topological polar surface area (TPSA) is 57.6 Å². The predicted molar refractivity (Wildman–Crippen MR) is 99.4 cm³/mol. The van der Waals surface area contributed by atoms with Crippen molar-refractivity contribution >= 4 is 29.0 Å². The minimum absolute atomic E-state index is 0.272. The molecule has 1 aliphatic rings. The van der Waals surface area contributed by atoms with Crippen molar-refractivity contribution in [3.8, 4) is 0 Å². The van der Waals surface area contributed by atoms with Crippen molar-refractivity contribution in [2.45, 2.75) is 5.72 Å². The smallest absolute Gasteiger partial charge is 0.261 e. The lowest BCUT2D eigenvalue weighted by Gasteiger charge is -2.33. The van der Waals surface area contributed by atoms with E-state index in [1.807, 2.05) is 0 Å². The van der Waals surface area contributed by atoms with Gasteiger partial charge < -0.3 is 5.11 Å². The molecule has 0 fully saturated rings. The first kappa shape index (κ1) is 16.5. The molecule has 1 aliphatic heterocycles. The Labute approximate surface area is 155 Å². The molecule has 4 nitrogen and oxygen atoms in total. The van der Waals surface area contributed by atoms with Gasteiger partial charge in [-0.1, -0.05) is 60.1 Å². The third kappa shape index (κ3) is 2.35. The van der Waals surface area contributed by atoms with Crippen molar-refractivity contribution in [1.82, 2.24) is 0 Å². The summed E-state index contributed by atoms with van der Waals surface area (Å²) in [6, 6.07) is 21.5. The number of benzene rings is 3. The molecule has 0 radical (unpaired) electrons. The van der Waals surface area contributed by atoms with Gasteiger partial charge in [0.1, 0.15) is 0 Å². The van der Waals surface area contributed by atoms with E-state index < -0.39 is 17.4 Å². The lowest BCUT2D eigenvalue weighted by molar-refractivity contribution is 0.0314. The summed E-state index contributed by atoms with van der Waals surface area (Å²) in [5.74, 6) is -0.999. The highest BCUT2D eigenvalue weighted by atomic mass is 35.5. The fourth-order valence-corrected chi connectivity index (χ4v) is 3.40. The van der Waals surface area contributed by atoms with Gasteiger partial charge in [-0.25, -0.2) is 0 Å². The predicted octanol–water partition coefficient (Wildman–Crippen LogP) is 4.03. The van der Waals surface area contributed by atoms with Crippen LogP contribution in [0.2, 0.25) is 5.02 Å². The maximum absolute atomic E-state index is 13.3. The van der Waals surface area contributed by atoms with Crippen LogP contribution in [0.15, 0.2) is 78.9 Å². The average Bonchev–Trinajstić information content (AvgIpc) is 2.91. The number of fused-ring (bicyclic) bond motifs is 1. The molecule has 1 heterocycles. The van der Waals surface area contributed by atoms with E-state index in [0.29, 0.717) is 21.8 Å². The molecule has 4 rings (SSSR count). The lowest BCUT2D eigenvalue weighted by Crippen LogP contribution is -2.50. The molecule has 1 N–H and O–H groups in total. The summed E-state index contributed by atoms with van der Waals surface area (Å²) in [6.45, 7) is 0. The van der Waals surface area contributed by atoms with Crippen molar-refractivity contribution in [2.75, 3.05) is 4.90 Å². The summed E-state index contributed by atoms with van der Waals surface area (Å²) >= 11 is 5.94. The summed E-state index contributed by atoms with van der Waals surface area (Å²) in [4.78, 5) is 27.4. The van der Waals surface area contributed by atoms with Crippen molar-refractivity contribution < 1.29 is 14.7 Å². The van der Waals surface area contributed by atoms with E-state index in [1.165, 1.54) is 0 Å². The number of nitrogens with zero attached hydrogens (tertiary/aromatic N) is 1. The zero-order valence-corrected chi connectivity index (χ0v) is 14.4. The number of rotatable bonds is 3. The van der Waals surface area contributed by atoms with Crippen LogP contribution in [0.3, 0.4) is 0 Å². The molecule has 1 unspecified atom stereocenters. The second-order valence-corrected chi connectivity index (χ2v) is 6.47. The molecule has 128 valence electrons. The zero-order chi connectivity index (χ0) is 18.3. The standard InChI is InChI=1S/C21H14ClNO3/c22-15-10-12-16(13-11-15)23-20(25)17-8-4-5-9-18(17)21(23,26)19(24)14-6-2-1-3-7-14/h1-13,26H. The Kier molecular flexibility index (Phi) is 3.87. The monoisotopic (exact) mass is 363 g/mol. The number of Topliss-reactive ketones (excluding diaryl/α,β-unsaturated/α-hetero) is 1. The third-order valence-corrected chi connectivity index (χ3v) is 4.75. The van der Waals surface area contributed by atoms with Gasteiger partial charge in [-0.05, 0) is 30.3 Å². The second-order valence-electron chi connectivity index (χ2n) is 6.03. The van der Waals surface area contributed by atoms with Crippen LogP contribution in [0.25, 0.3) is 0 Å². The van der Waals surface area contributed by atoms with Crippen LogP contribution in [0, 0.1) is 0 Å². The summed E-state index contributed by atoms with van der Waals surface area (Å²) in [6.07, 6.45) is 0. The van der Waals surface area contributed by atoms with Crippen LogP contribution in [0.5, 0.6) is 0 Å². The highest BCUT2D eigenvalue weighted by Crippen LogP contribution is 2.42. The minimum atomic E-state index is -2.12. The maximum atomic E-state index is 13.3. The number of carbonyl (C=O) groups is 2. The second kappa shape index (κ2) is 6.09. The summed E-state index contributed by atoms with van der Waals surface area (Å²) in [5, 5.41) is 12.0. The highest BCUT2D eigenvalue weighted by Gasteiger charge is 2.54. The minimum Gasteiger partial charge on any atom is -0.360 e. The molecule has 0 aliphatic carbocycles. The normalized spacial score (nSPS) is 18.7. The fourth-order valence-electron chi connectivity index (χ4n) is 3.27. The number of halogens is 1. The van der Waals surface area contributed by atoms with Gasteiger partial charge in [-0.15, -0.1) is 0 Å². The molecule has 26 heavy (non-hydrogen) atoms. The Morgan fingerprint density at radius 1 is 0.885 bits per heavy atom. The molecular formula is C21H14ClNO3. The molecule has 0 bridgehead atoms. The number of aliphatic hydroxyl groups is 1. The molecule has 1 atom stereocenters. The zero-order valence-electron chi connectivity index (χ0n) is 13.6. The van der Waals surface area contributed by atoms with Gasteiger partial charge in [0.25, 0.3) is 5.91 Å². The number of hydrogen-bond acceptors (Lipinski definition) is 3. The Hall–Kier alpha value is -2.95. The molecule has 0 saturated carbocycles. The Balaban J connectivity index is 1.94. The van der Waals surface area contributed by atoms with E-state index in [0.717, 1.165) is 4.90 Å². The van der Waals surface area contributed by atoms with Crippen molar-refractivity contribution in [3.63, 3.8) is 0 Å².